The van der Waals surface area contributed by atoms with E-state index in [2.05, 4.69) is 55.7 Å². The fourth-order valence-corrected chi connectivity index (χ4v) is 4.39. The molecule has 4 rings (SSSR count). The lowest BCUT2D eigenvalue weighted by Crippen LogP contribution is -2.34. The standard InChI is InChI=1S/C32H31F3N2O/c1-8-9-10-24-20(2)15-23(16-25(24)30(3,4)5)27-17-22(13-14-36-27)21-11-12-26-28(18-21)38-29(37-26)19-31(6,7)32(33,34)35/h1,9-18H,19H2,2-7H3/b10-9-. The Morgan fingerprint density at radius 1 is 0.947 bits per heavy atom. The first kappa shape index (κ1) is 27.2. The van der Waals surface area contributed by atoms with Gasteiger partial charge < -0.3 is 4.42 Å². The highest BCUT2D eigenvalue weighted by atomic mass is 19.4. The van der Waals surface area contributed by atoms with Crippen LogP contribution in [-0.4, -0.2) is 16.1 Å². The number of terminal acetylenes is 1. The number of benzene rings is 2. The number of oxazole rings is 1. The van der Waals surface area contributed by atoms with E-state index in [1.54, 1.807) is 18.3 Å². The molecule has 0 unspecified atom stereocenters. The molecule has 0 atom stereocenters. The summed E-state index contributed by atoms with van der Waals surface area (Å²) in [5.74, 6) is 2.64. The predicted molar refractivity (Wildman–Crippen MR) is 148 cm³/mol. The van der Waals surface area contributed by atoms with Crippen LogP contribution < -0.4 is 0 Å². The lowest BCUT2D eigenvalue weighted by molar-refractivity contribution is -0.212. The maximum Gasteiger partial charge on any atom is 0.394 e. The number of hydrogen-bond donors (Lipinski definition) is 0. The van der Waals surface area contributed by atoms with Crippen molar-refractivity contribution in [3.05, 3.63) is 77.3 Å². The number of aromatic nitrogens is 2. The Hall–Kier alpha value is -3.85. The predicted octanol–water partition coefficient (Wildman–Crippen LogP) is 8.94. The molecule has 0 aliphatic heterocycles. The smallest absolute Gasteiger partial charge is 0.394 e. The van der Waals surface area contributed by atoms with Crippen LogP contribution in [-0.2, 0) is 11.8 Å². The summed E-state index contributed by atoms with van der Waals surface area (Å²) in [5.41, 5.74) is 5.88. The first-order valence-electron chi connectivity index (χ1n) is 12.4. The van der Waals surface area contributed by atoms with Crippen LogP contribution in [0.4, 0.5) is 13.2 Å². The van der Waals surface area contributed by atoms with E-state index in [9.17, 15) is 13.2 Å². The maximum absolute atomic E-state index is 13.3. The topological polar surface area (TPSA) is 38.9 Å². The van der Waals surface area contributed by atoms with Crippen molar-refractivity contribution in [1.82, 2.24) is 9.97 Å². The second-order valence-electron chi connectivity index (χ2n) is 11.3. The molecule has 0 amide bonds. The van der Waals surface area contributed by atoms with Crippen molar-refractivity contribution in [1.29, 1.82) is 0 Å². The van der Waals surface area contributed by atoms with Crippen molar-refractivity contribution in [3.8, 4) is 34.7 Å². The van der Waals surface area contributed by atoms with Crippen molar-refractivity contribution < 1.29 is 17.6 Å². The van der Waals surface area contributed by atoms with Crippen molar-refractivity contribution in [2.75, 3.05) is 0 Å². The van der Waals surface area contributed by atoms with E-state index in [4.69, 9.17) is 10.8 Å². The summed E-state index contributed by atoms with van der Waals surface area (Å²) in [6.45, 7) is 10.9. The highest BCUT2D eigenvalue weighted by Gasteiger charge is 2.48. The van der Waals surface area contributed by atoms with Gasteiger partial charge in [0.1, 0.15) is 5.52 Å². The number of aryl methyl sites for hydroxylation is 1. The molecule has 0 fully saturated rings. The summed E-state index contributed by atoms with van der Waals surface area (Å²) >= 11 is 0. The van der Waals surface area contributed by atoms with E-state index in [1.807, 2.05) is 30.3 Å². The molecule has 4 aromatic rings. The molecule has 0 aliphatic carbocycles. The van der Waals surface area contributed by atoms with E-state index < -0.39 is 11.6 Å². The van der Waals surface area contributed by atoms with Crippen LogP contribution in [0.25, 0.3) is 39.6 Å². The Kier molecular flexibility index (Phi) is 7.01. The van der Waals surface area contributed by atoms with E-state index >= 15 is 0 Å². The van der Waals surface area contributed by atoms with Gasteiger partial charge in [0.25, 0.3) is 0 Å². The highest BCUT2D eigenvalue weighted by Crippen LogP contribution is 2.40. The molecule has 2 aromatic heterocycles. The molecule has 2 heterocycles. The quantitative estimate of drug-likeness (QED) is 0.249. The van der Waals surface area contributed by atoms with Gasteiger partial charge in [0.15, 0.2) is 11.5 Å². The second kappa shape index (κ2) is 9.79. The average Bonchev–Trinajstić information content (AvgIpc) is 3.22. The van der Waals surface area contributed by atoms with Crippen LogP contribution >= 0.6 is 0 Å². The van der Waals surface area contributed by atoms with Gasteiger partial charge in [0, 0.05) is 18.2 Å². The minimum atomic E-state index is -4.35. The van der Waals surface area contributed by atoms with Crippen molar-refractivity contribution in [2.24, 2.45) is 5.41 Å². The average molecular weight is 517 g/mol. The first-order valence-corrected chi connectivity index (χ1v) is 12.4. The van der Waals surface area contributed by atoms with Crippen molar-refractivity contribution >= 4 is 17.2 Å². The van der Waals surface area contributed by atoms with Crippen LogP contribution in [0.1, 0.15) is 57.2 Å². The zero-order valence-electron chi connectivity index (χ0n) is 22.5. The Labute approximate surface area is 221 Å². The molecule has 2 aromatic carbocycles. The van der Waals surface area contributed by atoms with Gasteiger partial charge in [0.05, 0.1) is 11.1 Å². The summed E-state index contributed by atoms with van der Waals surface area (Å²) in [6, 6.07) is 13.6. The molecule has 38 heavy (non-hydrogen) atoms. The summed E-state index contributed by atoms with van der Waals surface area (Å²) < 4.78 is 45.8. The van der Waals surface area contributed by atoms with Crippen LogP contribution in [0, 0.1) is 24.7 Å². The molecule has 0 radical (unpaired) electrons. The second-order valence-corrected chi connectivity index (χ2v) is 11.3. The molecule has 6 heteroatoms. The minimum Gasteiger partial charge on any atom is -0.441 e. The number of halogens is 3. The van der Waals surface area contributed by atoms with Crippen LogP contribution in [0.2, 0.25) is 0 Å². The largest absolute Gasteiger partial charge is 0.441 e. The van der Waals surface area contributed by atoms with E-state index in [1.165, 1.54) is 5.56 Å². The number of pyridine rings is 1. The third kappa shape index (κ3) is 5.52. The van der Waals surface area contributed by atoms with E-state index in [-0.39, 0.29) is 17.7 Å². The number of hydrogen-bond acceptors (Lipinski definition) is 3. The number of fused-ring (bicyclic) bond motifs is 1. The summed E-state index contributed by atoms with van der Waals surface area (Å²) in [7, 11) is 0. The highest BCUT2D eigenvalue weighted by molar-refractivity contribution is 5.81. The SMILES string of the molecule is C#C/C=C\c1c(C)cc(-c2cc(-c3ccc4nc(CC(C)(C)C(F)(F)F)oc4c3)ccn2)cc1C(C)(C)C. The van der Waals surface area contributed by atoms with E-state index in [0.29, 0.717) is 11.1 Å². The van der Waals surface area contributed by atoms with Gasteiger partial charge in [-0.15, -0.1) is 6.42 Å². The Balaban J connectivity index is 1.72. The number of alkyl halides is 3. The van der Waals surface area contributed by atoms with Gasteiger partial charge in [-0.3, -0.25) is 4.98 Å². The molecule has 0 aliphatic rings. The fraction of sp³-hybridized carbons (Fsp3) is 0.312. The zero-order chi connectivity index (χ0) is 27.9. The molecule has 196 valence electrons. The van der Waals surface area contributed by atoms with E-state index in [0.717, 1.165) is 47.4 Å². The van der Waals surface area contributed by atoms with Crippen molar-refractivity contribution in [2.45, 2.75) is 59.6 Å². The van der Waals surface area contributed by atoms with Gasteiger partial charge in [-0.1, -0.05) is 46.6 Å². The van der Waals surface area contributed by atoms with Gasteiger partial charge in [-0.05, 0) is 88.7 Å². The number of nitrogens with zero attached hydrogens (tertiary/aromatic N) is 2. The van der Waals surface area contributed by atoms with Crippen LogP contribution in [0.3, 0.4) is 0 Å². The third-order valence-electron chi connectivity index (χ3n) is 6.72. The third-order valence-corrected chi connectivity index (χ3v) is 6.72. The Bertz CT molecular complexity index is 1560. The summed E-state index contributed by atoms with van der Waals surface area (Å²) in [6.07, 6.45) is 6.21. The summed E-state index contributed by atoms with van der Waals surface area (Å²) in [4.78, 5) is 8.91. The lowest BCUT2D eigenvalue weighted by atomic mass is 9.80. The lowest BCUT2D eigenvalue weighted by Gasteiger charge is -2.25. The number of rotatable bonds is 5. The fourth-order valence-electron chi connectivity index (χ4n) is 4.39. The first-order chi connectivity index (χ1) is 17.7. The molecule has 0 saturated heterocycles. The molecule has 0 spiro atoms. The molecule has 0 saturated carbocycles. The molecular formula is C32H31F3N2O. The van der Waals surface area contributed by atoms with Gasteiger partial charge in [0.2, 0.25) is 0 Å². The zero-order valence-corrected chi connectivity index (χ0v) is 22.5. The van der Waals surface area contributed by atoms with Crippen LogP contribution in [0.5, 0.6) is 0 Å². The molecular weight excluding hydrogens is 485 g/mol. The Morgan fingerprint density at radius 3 is 2.32 bits per heavy atom. The maximum atomic E-state index is 13.3. The van der Waals surface area contributed by atoms with Gasteiger partial charge in [-0.2, -0.15) is 13.2 Å². The molecule has 0 bridgehead atoms. The van der Waals surface area contributed by atoms with Gasteiger partial charge in [-0.25, -0.2) is 4.98 Å². The summed E-state index contributed by atoms with van der Waals surface area (Å²) in [5, 5.41) is 0. The van der Waals surface area contributed by atoms with Crippen molar-refractivity contribution in [3.63, 3.8) is 0 Å². The number of allylic oxidation sites excluding steroid dienone is 1. The van der Waals surface area contributed by atoms with Crippen LogP contribution in [0.15, 0.2) is 59.2 Å². The normalized spacial score (nSPS) is 12.8. The Morgan fingerprint density at radius 2 is 1.66 bits per heavy atom. The molecule has 0 N–H and O–H groups in total. The van der Waals surface area contributed by atoms with Gasteiger partial charge >= 0.3 is 6.18 Å². The minimum absolute atomic E-state index is 0.0686. The monoisotopic (exact) mass is 516 g/mol. The molecule has 3 nitrogen and oxygen atoms in total.